The second kappa shape index (κ2) is 6.92. The lowest BCUT2D eigenvalue weighted by molar-refractivity contribution is -0.145. The number of carbonyl (C=O) groups excluding carboxylic acids is 1. The Kier molecular flexibility index (Phi) is 5.83. The number of aliphatic hydroxyl groups excluding tert-OH is 4. The Morgan fingerprint density at radius 1 is 1.26 bits per heavy atom. The van der Waals surface area contributed by atoms with Crippen molar-refractivity contribution in [3.63, 3.8) is 0 Å². The molecule has 1 aliphatic rings. The van der Waals surface area contributed by atoms with E-state index in [1.165, 1.54) is 4.90 Å². The van der Waals surface area contributed by atoms with E-state index in [9.17, 15) is 19.8 Å². The molecule has 1 rings (SSSR count). The van der Waals surface area contributed by atoms with Crippen molar-refractivity contribution in [1.29, 1.82) is 0 Å². The SMILES string of the molecule is O=C(O)C1CCCN1CC(=O)[C@@H](O)[C@H](O)[C@H](O)CO. The van der Waals surface area contributed by atoms with Gasteiger partial charge in [-0.05, 0) is 19.4 Å². The van der Waals surface area contributed by atoms with Gasteiger partial charge in [0.15, 0.2) is 5.78 Å². The van der Waals surface area contributed by atoms with E-state index in [0.717, 1.165) is 0 Å². The Labute approximate surface area is 109 Å². The van der Waals surface area contributed by atoms with Crippen LogP contribution in [0.5, 0.6) is 0 Å². The molecule has 4 atom stereocenters. The fourth-order valence-corrected chi connectivity index (χ4v) is 2.10. The van der Waals surface area contributed by atoms with Crippen LogP contribution < -0.4 is 0 Å². The fraction of sp³-hybridized carbons (Fsp3) is 0.818. The lowest BCUT2D eigenvalue weighted by Gasteiger charge is -2.24. The lowest BCUT2D eigenvalue weighted by Crippen LogP contribution is -2.48. The van der Waals surface area contributed by atoms with Crippen molar-refractivity contribution in [1.82, 2.24) is 4.90 Å². The maximum absolute atomic E-state index is 11.7. The third kappa shape index (κ3) is 3.95. The minimum Gasteiger partial charge on any atom is -0.480 e. The second-order valence-electron chi connectivity index (χ2n) is 4.62. The number of carboxylic acids is 1. The molecule has 0 spiro atoms. The zero-order valence-electron chi connectivity index (χ0n) is 10.3. The maximum atomic E-state index is 11.7. The van der Waals surface area contributed by atoms with Crippen LogP contribution in [0.2, 0.25) is 0 Å². The number of hydrogen-bond donors (Lipinski definition) is 5. The number of carboxylic acid groups (broad SMARTS) is 1. The van der Waals surface area contributed by atoms with Crippen LogP contribution in [0.3, 0.4) is 0 Å². The van der Waals surface area contributed by atoms with Gasteiger partial charge < -0.3 is 25.5 Å². The predicted molar refractivity (Wildman–Crippen MR) is 62.3 cm³/mol. The highest BCUT2D eigenvalue weighted by Gasteiger charge is 2.35. The van der Waals surface area contributed by atoms with Gasteiger partial charge in [0.05, 0.1) is 13.2 Å². The molecule has 1 fully saturated rings. The van der Waals surface area contributed by atoms with Crippen LogP contribution in [-0.4, -0.2) is 86.2 Å². The fourth-order valence-electron chi connectivity index (χ4n) is 2.10. The van der Waals surface area contributed by atoms with Gasteiger partial charge in [0.1, 0.15) is 24.4 Å². The Bertz CT molecular complexity index is 335. The molecule has 1 heterocycles. The lowest BCUT2D eigenvalue weighted by atomic mass is 10.0. The van der Waals surface area contributed by atoms with E-state index in [-0.39, 0.29) is 6.54 Å². The Hall–Kier alpha value is -1.06. The number of likely N-dealkylation sites (tertiary alicyclic amines) is 1. The molecule has 110 valence electrons. The first-order valence-electron chi connectivity index (χ1n) is 6.03. The minimum atomic E-state index is -1.85. The first-order chi connectivity index (χ1) is 8.88. The minimum absolute atomic E-state index is 0.312. The average Bonchev–Trinajstić information content (AvgIpc) is 2.84. The number of aliphatic carboxylic acids is 1. The molecule has 0 aliphatic carbocycles. The smallest absolute Gasteiger partial charge is 0.320 e. The molecule has 0 amide bonds. The van der Waals surface area contributed by atoms with Crippen molar-refractivity contribution >= 4 is 11.8 Å². The third-order valence-corrected chi connectivity index (χ3v) is 3.24. The zero-order valence-corrected chi connectivity index (χ0v) is 10.3. The summed E-state index contributed by atoms with van der Waals surface area (Å²) in [6, 6.07) is -0.768. The molecule has 1 aliphatic heterocycles. The summed E-state index contributed by atoms with van der Waals surface area (Å²) in [5, 5.41) is 45.6. The van der Waals surface area contributed by atoms with Crippen LogP contribution in [0.15, 0.2) is 0 Å². The normalized spacial score (nSPS) is 24.9. The molecule has 0 aromatic rings. The van der Waals surface area contributed by atoms with Gasteiger partial charge in [0.25, 0.3) is 0 Å². The summed E-state index contributed by atoms with van der Waals surface area (Å²) in [5.41, 5.74) is 0. The summed E-state index contributed by atoms with van der Waals surface area (Å²) < 4.78 is 0. The number of aliphatic hydroxyl groups is 4. The van der Waals surface area contributed by atoms with Crippen molar-refractivity contribution in [2.75, 3.05) is 19.7 Å². The van der Waals surface area contributed by atoms with Gasteiger partial charge in [-0.3, -0.25) is 14.5 Å². The summed E-state index contributed by atoms with van der Waals surface area (Å²) in [5.74, 6) is -1.82. The molecule has 19 heavy (non-hydrogen) atoms. The standard InChI is InChI=1S/C11H19NO7/c13-5-8(15)10(17)9(16)7(14)4-12-3-1-2-6(12)11(18)19/h6,8-10,13,15-17H,1-5H2,(H,18,19)/t6?,8-,9-,10-/m1/s1. The molecular formula is C11H19NO7. The number of nitrogens with zero attached hydrogens (tertiary/aromatic N) is 1. The highest BCUT2D eigenvalue weighted by Crippen LogP contribution is 2.17. The third-order valence-electron chi connectivity index (χ3n) is 3.24. The van der Waals surface area contributed by atoms with Crippen molar-refractivity contribution in [3.8, 4) is 0 Å². The molecule has 8 nitrogen and oxygen atoms in total. The van der Waals surface area contributed by atoms with Crippen LogP contribution in [0.4, 0.5) is 0 Å². The number of ketones is 1. The van der Waals surface area contributed by atoms with Gasteiger partial charge in [-0.2, -0.15) is 0 Å². The van der Waals surface area contributed by atoms with Crippen LogP contribution in [0.1, 0.15) is 12.8 Å². The number of rotatable bonds is 7. The maximum Gasteiger partial charge on any atom is 0.320 e. The number of hydrogen-bond acceptors (Lipinski definition) is 7. The van der Waals surface area contributed by atoms with E-state index in [1.807, 2.05) is 0 Å². The summed E-state index contributed by atoms with van der Waals surface area (Å²) in [6.45, 7) is -0.672. The van der Waals surface area contributed by atoms with Crippen molar-refractivity contribution < 1.29 is 35.1 Å². The Morgan fingerprint density at radius 2 is 1.89 bits per heavy atom. The number of Topliss-reactive ketones (excluding diaryl/α,β-unsaturated/α-hetero) is 1. The highest BCUT2D eigenvalue weighted by atomic mass is 16.4. The summed E-state index contributed by atoms with van der Waals surface area (Å²) >= 11 is 0. The highest BCUT2D eigenvalue weighted by molar-refractivity contribution is 5.86. The number of carbonyl (C=O) groups is 2. The summed E-state index contributed by atoms with van der Waals surface area (Å²) in [6.07, 6.45) is -4.18. The van der Waals surface area contributed by atoms with Crippen LogP contribution in [0, 0.1) is 0 Å². The van der Waals surface area contributed by atoms with Crippen LogP contribution >= 0.6 is 0 Å². The summed E-state index contributed by atoms with van der Waals surface area (Å²) in [7, 11) is 0. The van der Waals surface area contributed by atoms with E-state index in [4.69, 9.17) is 15.3 Å². The van der Waals surface area contributed by atoms with E-state index in [2.05, 4.69) is 0 Å². The van der Waals surface area contributed by atoms with Gasteiger partial charge in [-0.15, -0.1) is 0 Å². The van der Waals surface area contributed by atoms with Crippen molar-refractivity contribution in [2.24, 2.45) is 0 Å². The molecule has 0 radical (unpaired) electrons. The van der Waals surface area contributed by atoms with Crippen LogP contribution in [0.25, 0.3) is 0 Å². The Balaban J connectivity index is 2.56. The largest absolute Gasteiger partial charge is 0.480 e. The van der Waals surface area contributed by atoms with E-state index < -0.39 is 42.7 Å². The van der Waals surface area contributed by atoms with Gasteiger partial charge >= 0.3 is 5.97 Å². The second-order valence-corrected chi connectivity index (χ2v) is 4.62. The monoisotopic (exact) mass is 277 g/mol. The molecule has 0 saturated carbocycles. The van der Waals surface area contributed by atoms with E-state index in [0.29, 0.717) is 19.4 Å². The average molecular weight is 277 g/mol. The topological polar surface area (TPSA) is 139 Å². The molecule has 1 unspecified atom stereocenters. The molecular weight excluding hydrogens is 258 g/mol. The first kappa shape index (κ1) is 16.0. The molecule has 1 saturated heterocycles. The van der Waals surface area contributed by atoms with Crippen molar-refractivity contribution in [3.05, 3.63) is 0 Å². The van der Waals surface area contributed by atoms with Gasteiger partial charge in [0.2, 0.25) is 0 Å². The molecule has 8 heteroatoms. The van der Waals surface area contributed by atoms with E-state index in [1.54, 1.807) is 0 Å². The molecule has 0 aromatic heterocycles. The van der Waals surface area contributed by atoms with Crippen LogP contribution in [-0.2, 0) is 9.59 Å². The molecule has 0 bridgehead atoms. The Morgan fingerprint density at radius 3 is 2.42 bits per heavy atom. The van der Waals surface area contributed by atoms with Gasteiger partial charge in [0, 0.05) is 0 Å². The van der Waals surface area contributed by atoms with E-state index >= 15 is 0 Å². The quantitative estimate of drug-likeness (QED) is 0.336. The zero-order chi connectivity index (χ0) is 14.6. The summed E-state index contributed by atoms with van der Waals surface area (Å²) in [4.78, 5) is 24.0. The van der Waals surface area contributed by atoms with Crippen molar-refractivity contribution in [2.45, 2.75) is 37.2 Å². The predicted octanol–water partition coefficient (Wildman–Crippen LogP) is -2.82. The molecule has 5 N–H and O–H groups in total. The first-order valence-corrected chi connectivity index (χ1v) is 6.03. The van der Waals surface area contributed by atoms with Gasteiger partial charge in [-0.1, -0.05) is 0 Å². The molecule has 0 aromatic carbocycles. The van der Waals surface area contributed by atoms with Gasteiger partial charge in [-0.25, -0.2) is 0 Å².